The number of aromatic nitrogens is 1. The number of carbonyl (C=O) groups is 1. The van der Waals surface area contributed by atoms with Gasteiger partial charge in [0, 0.05) is 17.3 Å². The van der Waals surface area contributed by atoms with Crippen LogP contribution < -0.4 is 5.32 Å². The number of alkyl halides is 2. The number of rotatable bonds is 3. The minimum Gasteiger partial charge on any atom is -0.322 e. The van der Waals surface area contributed by atoms with Crippen molar-refractivity contribution in [1.82, 2.24) is 4.57 Å². The van der Waals surface area contributed by atoms with Gasteiger partial charge in [0.15, 0.2) is 0 Å². The van der Waals surface area contributed by atoms with Gasteiger partial charge < -0.3 is 9.88 Å². The van der Waals surface area contributed by atoms with Gasteiger partial charge in [0.05, 0.1) is 17.1 Å². The molecular weight excluding hydrogens is 395 g/mol. The molecule has 1 amide bonds. The average molecular weight is 413 g/mol. The molecule has 142 valence electrons. The predicted octanol–water partition coefficient (Wildman–Crippen LogP) is 6.48. The molecule has 28 heavy (non-hydrogen) atoms. The van der Waals surface area contributed by atoms with E-state index >= 15 is 0 Å². The molecule has 0 spiro atoms. The Hall–Kier alpha value is -2.63. The SMILES string of the molecule is Cc1ccc(N=N[C@H]2C(=O)Nc3ccc(C)cc3-c3c(C(Cl)Cl)ccn32)cc1. The number of hydrogen-bond acceptors (Lipinski definition) is 3. The summed E-state index contributed by atoms with van der Waals surface area (Å²) in [5.74, 6) is -0.275. The number of nitrogens with one attached hydrogen (secondary N) is 1. The van der Waals surface area contributed by atoms with Crippen molar-refractivity contribution >= 4 is 40.5 Å². The normalized spacial score (nSPS) is 16.0. The van der Waals surface area contributed by atoms with Crippen LogP contribution in [0.25, 0.3) is 11.3 Å². The van der Waals surface area contributed by atoms with Crippen LogP contribution in [0.4, 0.5) is 11.4 Å². The van der Waals surface area contributed by atoms with Gasteiger partial charge in [-0.3, -0.25) is 4.79 Å². The third-order valence-electron chi connectivity index (χ3n) is 4.68. The first-order valence-corrected chi connectivity index (χ1v) is 9.69. The summed E-state index contributed by atoms with van der Waals surface area (Å²) in [6, 6.07) is 15.3. The fourth-order valence-corrected chi connectivity index (χ4v) is 3.62. The van der Waals surface area contributed by atoms with E-state index in [2.05, 4.69) is 15.5 Å². The number of amides is 1. The van der Waals surface area contributed by atoms with E-state index in [9.17, 15) is 4.79 Å². The maximum Gasteiger partial charge on any atom is 0.272 e. The van der Waals surface area contributed by atoms with Gasteiger partial charge in [0.2, 0.25) is 6.17 Å². The van der Waals surface area contributed by atoms with Crippen LogP contribution in [0.2, 0.25) is 0 Å². The molecule has 1 atom stereocenters. The molecule has 1 N–H and O–H groups in total. The van der Waals surface area contributed by atoms with E-state index in [1.54, 1.807) is 10.8 Å². The zero-order valence-corrected chi connectivity index (χ0v) is 16.9. The van der Waals surface area contributed by atoms with Crippen molar-refractivity contribution in [2.24, 2.45) is 10.2 Å². The molecule has 4 rings (SSSR count). The fourth-order valence-electron chi connectivity index (χ4n) is 3.27. The molecule has 3 aromatic rings. The molecular formula is C21H18Cl2N4O. The lowest BCUT2D eigenvalue weighted by Gasteiger charge is -2.14. The zero-order valence-electron chi connectivity index (χ0n) is 15.4. The van der Waals surface area contributed by atoms with Gasteiger partial charge in [-0.1, -0.05) is 52.5 Å². The molecule has 0 unspecified atom stereocenters. The van der Waals surface area contributed by atoms with E-state index in [4.69, 9.17) is 23.2 Å². The van der Waals surface area contributed by atoms with Crippen LogP contribution in [0.3, 0.4) is 0 Å². The first kappa shape index (κ1) is 18.7. The average Bonchev–Trinajstić information content (AvgIpc) is 3.05. The van der Waals surface area contributed by atoms with Crippen LogP contribution in [0.5, 0.6) is 0 Å². The molecule has 1 aromatic heterocycles. The Labute approximate surface area is 173 Å². The van der Waals surface area contributed by atoms with Gasteiger partial charge in [-0.25, -0.2) is 0 Å². The topological polar surface area (TPSA) is 58.8 Å². The van der Waals surface area contributed by atoms with Crippen molar-refractivity contribution in [3.05, 3.63) is 71.4 Å². The molecule has 0 fully saturated rings. The summed E-state index contributed by atoms with van der Waals surface area (Å²) in [4.78, 5) is 12.2. The van der Waals surface area contributed by atoms with Crippen LogP contribution in [0.15, 0.2) is 65.0 Å². The molecule has 0 saturated heterocycles. The third kappa shape index (κ3) is 3.43. The third-order valence-corrected chi connectivity index (χ3v) is 5.15. The minimum atomic E-state index is -0.871. The van der Waals surface area contributed by atoms with Gasteiger partial charge in [-0.05, 0) is 44.2 Å². The van der Waals surface area contributed by atoms with Crippen molar-refractivity contribution in [2.45, 2.75) is 24.8 Å². The monoisotopic (exact) mass is 412 g/mol. The summed E-state index contributed by atoms with van der Waals surface area (Å²) in [5, 5.41) is 11.6. The molecule has 7 heteroatoms. The van der Waals surface area contributed by atoms with Crippen LogP contribution >= 0.6 is 23.2 Å². The Morgan fingerprint density at radius 1 is 1.04 bits per heavy atom. The van der Waals surface area contributed by atoms with E-state index in [0.29, 0.717) is 11.4 Å². The predicted molar refractivity (Wildman–Crippen MR) is 112 cm³/mol. The second-order valence-corrected chi connectivity index (χ2v) is 7.89. The minimum absolute atomic E-state index is 0.275. The number of hydrogen-bond donors (Lipinski definition) is 1. The lowest BCUT2D eigenvalue weighted by molar-refractivity contribution is -0.119. The molecule has 0 aliphatic carbocycles. The highest BCUT2D eigenvalue weighted by molar-refractivity contribution is 6.44. The molecule has 1 aliphatic rings. The van der Waals surface area contributed by atoms with Crippen LogP contribution in [0.1, 0.15) is 27.7 Å². The van der Waals surface area contributed by atoms with Crippen molar-refractivity contribution in [2.75, 3.05) is 5.32 Å². The van der Waals surface area contributed by atoms with Gasteiger partial charge in [-0.15, -0.1) is 0 Å². The van der Waals surface area contributed by atoms with Crippen LogP contribution in [-0.4, -0.2) is 10.5 Å². The number of nitrogens with zero attached hydrogens (tertiary/aromatic N) is 3. The lowest BCUT2D eigenvalue weighted by Crippen LogP contribution is -2.22. The fraction of sp³-hybridized carbons (Fsp3) is 0.190. The Kier molecular flexibility index (Phi) is 4.96. The molecule has 2 heterocycles. The van der Waals surface area contributed by atoms with E-state index in [1.807, 2.05) is 62.4 Å². The zero-order chi connectivity index (χ0) is 19.8. The summed E-state index contributed by atoms with van der Waals surface area (Å²) >= 11 is 12.4. The van der Waals surface area contributed by atoms with Crippen molar-refractivity contribution in [3.63, 3.8) is 0 Å². The molecule has 1 aliphatic heterocycles. The smallest absolute Gasteiger partial charge is 0.272 e. The first-order valence-electron chi connectivity index (χ1n) is 8.82. The number of fused-ring (bicyclic) bond motifs is 3. The number of benzene rings is 2. The Morgan fingerprint density at radius 2 is 1.75 bits per heavy atom. The number of aryl methyl sites for hydroxylation is 2. The molecule has 0 saturated carbocycles. The maximum absolute atomic E-state index is 12.9. The van der Waals surface area contributed by atoms with E-state index in [1.165, 1.54) is 0 Å². The summed E-state index contributed by atoms with van der Waals surface area (Å²) in [7, 11) is 0. The van der Waals surface area contributed by atoms with Gasteiger partial charge >= 0.3 is 0 Å². The van der Waals surface area contributed by atoms with Crippen molar-refractivity contribution in [1.29, 1.82) is 0 Å². The molecule has 5 nitrogen and oxygen atoms in total. The Morgan fingerprint density at radius 3 is 2.46 bits per heavy atom. The molecule has 2 aromatic carbocycles. The lowest BCUT2D eigenvalue weighted by atomic mass is 10.0. The summed E-state index contributed by atoms with van der Waals surface area (Å²) in [6.07, 6.45) is 0.906. The quantitative estimate of drug-likeness (QED) is 0.388. The number of carbonyl (C=O) groups excluding carboxylic acids is 1. The second kappa shape index (κ2) is 7.41. The van der Waals surface area contributed by atoms with Gasteiger partial charge in [0.1, 0.15) is 4.84 Å². The van der Waals surface area contributed by atoms with Crippen LogP contribution in [0, 0.1) is 13.8 Å². The first-order chi connectivity index (χ1) is 13.4. The number of azo groups is 1. The summed E-state index contributed by atoms with van der Waals surface area (Å²) in [5.41, 5.74) is 5.91. The van der Waals surface area contributed by atoms with Crippen LogP contribution in [-0.2, 0) is 4.79 Å². The van der Waals surface area contributed by atoms with Gasteiger partial charge in [0.25, 0.3) is 5.91 Å². The highest BCUT2D eigenvalue weighted by Crippen LogP contribution is 2.42. The highest BCUT2D eigenvalue weighted by atomic mass is 35.5. The highest BCUT2D eigenvalue weighted by Gasteiger charge is 2.31. The number of halogens is 2. The maximum atomic E-state index is 12.9. The van der Waals surface area contributed by atoms with E-state index in [0.717, 1.165) is 27.9 Å². The Balaban J connectivity index is 1.84. The van der Waals surface area contributed by atoms with Crippen molar-refractivity contribution < 1.29 is 4.79 Å². The van der Waals surface area contributed by atoms with E-state index < -0.39 is 11.0 Å². The molecule has 0 radical (unpaired) electrons. The standard InChI is InChI=1S/C21H18Cl2N4O/c1-12-3-6-14(7-4-12)25-26-20-21(28)24-17-8-5-13(2)11-16(17)18-15(19(22)23)9-10-27(18)20/h3-11,19-20H,1-2H3,(H,24,28)/t20-/m1/s1. The summed E-state index contributed by atoms with van der Waals surface area (Å²) in [6.45, 7) is 3.99. The van der Waals surface area contributed by atoms with E-state index in [-0.39, 0.29) is 5.91 Å². The number of anilines is 1. The largest absolute Gasteiger partial charge is 0.322 e. The van der Waals surface area contributed by atoms with Gasteiger partial charge in [-0.2, -0.15) is 10.2 Å². The Bertz CT molecular complexity index is 1070. The molecule has 0 bridgehead atoms. The second-order valence-electron chi connectivity index (χ2n) is 6.79. The summed E-state index contributed by atoms with van der Waals surface area (Å²) < 4.78 is 1.77. The van der Waals surface area contributed by atoms with Crippen molar-refractivity contribution in [3.8, 4) is 11.3 Å².